The number of aryl methyl sites for hydroxylation is 1. The summed E-state index contributed by atoms with van der Waals surface area (Å²) < 4.78 is 10.7. The zero-order valence-corrected chi connectivity index (χ0v) is 13.4. The molecule has 1 aliphatic rings. The van der Waals surface area contributed by atoms with Gasteiger partial charge in [0.15, 0.2) is 5.70 Å². The molecule has 0 spiro atoms. The number of nitrogens with zero attached hydrogens (tertiary/aromatic N) is 1. The topological polar surface area (TPSA) is 47.9 Å². The molecule has 0 atom stereocenters. The van der Waals surface area contributed by atoms with Crippen molar-refractivity contribution in [2.45, 2.75) is 6.92 Å². The monoisotopic (exact) mass is 319 g/mol. The maximum absolute atomic E-state index is 12.0. The molecule has 0 radical (unpaired) electrons. The minimum Gasteiger partial charge on any atom is -0.490 e. The summed E-state index contributed by atoms with van der Waals surface area (Å²) in [5, 5.41) is 0. The van der Waals surface area contributed by atoms with E-state index in [-0.39, 0.29) is 5.70 Å². The SMILES string of the molecule is C=CCOc1ccc(/C=C2\N=C(c3ccc(C)cc3)OC2=O)cc1. The van der Waals surface area contributed by atoms with Crippen LogP contribution in [0, 0.1) is 6.92 Å². The summed E-state index contributed by atoms with van der Waals surface area (Å²) in [4.78, 5) is 16.3. The number of ether oxygens (including phenoxy) is 2. The normalized spacial score (nSPS) is 15.1. The highest BCUT2D eigenvalue weighted by Crippen LogP contribution is 2.20. The summed E-state index contributed by atoms with van der Waals surface area (Å²) in [6, 6.07) is 15.1. The third-order valence-corrected chi connectivity index (χ3v) is 3.47. The summed E-state index contributed by atoms with van der Waals surface area (Å²) in [5.74, 6) is 0.629. The van der Waals surface area contributed by atoms with Crippen molar-refractivity contribution >= 4 is 17.9 Å². The summed E-state index contributed by atoms with van der Waals surface area (Å²) in [6.45, 7) is 6.06. The quantitative estimate of drug-likeness (QED) is 0.477. The number of hydrogen-bond acceptors (Lipinski definition) is 4. The summed E-state index contributed by atoms with van der Waals surface area (Å²) >= 11 is 0. The lowest BCUT2D eigenvalue weighted by Gasteiger charge is -2.02. The van der Waals surface area contributed by atoms with Crippen LogP contribution < -0.4 is 4.74 Å². The number of cyclic esters (lactones) is 1. The third kappa shape index (κ3) is 3.60. The first-order valence-corrected chi connectivity index (χ1v) is 7.59. The number of esters is 1. The molecule has 0 fully saturated rings. The Morgan fingerprint density at radius 2 is 1.83 bits per heavy atom. The minimum atomic E-state index is -0.447. The molecule has 0 aliphatic carbocycles. The van der Waals surface area contributed by atoms with Gasteiger partial charge in [-0.05, 0) is 42.8 Å². The lowest BCUT2D eigenvalue weighted by Crippen LogP contribution is -2.05. The van der Waals surface area contributed by atoms with Crippen LogP contribution in [0.2, 0.25) is 0 Å². The van der Waals surface area contributed by atoms with Gasteiger partial charge in [0.1, 0.15) is 12.4 Å². The molecule has 1 heterocycles. The highest BCUT2D eigenvalue weighted by molar-refractivity contribution is 6.12. The highest BCUT2D eigenvalue weighted by atomic mass is 16.6. The molecule has 0 bridgehead atoms. The fraction of sp³-hybridized carbons (Fsp3) is 0.100. The molecule has 0 unspecified atom stereocenters. The van der Waals surface area contributed by atoms with Gasteiger partial charge in [-0.2, -0.15) is 0 Å². The van der Waals surface area contributed by atoms with E-state index >= 15 is 0 Å². The molecule has 0 N–H and O–H groups in total. The van der Waals surface area contributed by atoms with Gasteiger partial charge < -0.3 is 9.47 Å². The molecule has 120 valence electrons. The average Bonchev–Trinajstić information content (AvgIpc) is 2.95. The second kappa shape index (κ2) is 6.96. The Kier molecular flexibility index (Phi) is 4.57. The standard InChI is InChI=1S/C20H17NO3/c1-3-12-23-17-10-6-15(7-11-17)13-18-20(22)24-19(21-18)16-8-4-14(2)5-9-16/h3-11,13H,1,12H2,2H3/b18-13-. The van der Waals surface area contributed by atoms with E-state index in [1.807, 2.05) is 55.5 Å². The van der Waals surface area contributed by atoms with Gasteiger partial charge >= 0.3 is 5.97 Å². The maximum Gasteiger partial charge on any atom is 0.363 e. The van der Waals surface area contributed by atoms with Crippen LogP contribution >= 0.6 is 0 Å². The number of hydrogen-bond donors (Lipinski definition) is 0. The molecule has 2 aromatic rings. The fourth-order valence-corrected chi connectivity index (χ4v) is 2.20. The van der Waals surface area contributed by atoms with Crippen molar-refractivity contribution in [2.24, 2.45) is 4.99 Å². The Balaban J connectivity index is 1.80. The van der Waals surface area contributed by atoms with E-state index in [1.54, 1.807) is 12.2 Å². The summed E-state index contributed by atoms with van der Waals surface area (Å²) in [5.41, 5.74) is 3.05. The molecule has 3 rings (SSSR count). The van der Waals surface area contributed by atoms with Gasteiger partial charge in [-0.25, -0.2) is 9.79 Å². The first kappa shape index (κ1) is 15.7. The smallest absolute Gasteiger partial charge is 0.363 e. The van der Waals surface area contributed by atoms with E-state index < -0.39 is 5.97 Å². The van der Waals surface area contributed by atoms with Crippen LogP contribution in [-0.4, -0.2) is 18.5 Å². The highest BCUT2D eigenvalue weighted by Gasteiger charge is 2.23. The Hall–Kier alpha value is -3.14. The van der Waals surface area contributed by atoms with Crippen molar-refractivity contribution in [3.05, 3.63) is 83.6 Å². The largest absolute Gasteiger partial charge is 0.490 e. The zero-order chi connectivity index (χ0) is 16.9. The molecule has 1 aliphatic heterocycles. The first-order chi connectivity index (χ1) is 11.7. The Morgan fingerprint density at radius 1 is 1.12 bits per heavy atom. The molecular formula is C20H17NO3. The van der Waals surface area contributed by atoms with E-state index in [4.69, 9.17) is 9.47 Å². The van der Waals surface area contributed by atoms with Crippen LogP contribution in [0.25, 0.3) is 6.08 Å². The number of carbonyl (C=O) groups excluding carboxylic acids is 1. The lowest BCUT2D eigenvalue weighted by atomic mass is 10.1. The van der Waals surface area contributed by atoms with Crippen molar-refractivity contribution in [1.82, 2.24) is 0 Å². The molecule has 24 heavy (non-hydrogen) atoms. The van der Waals surface area contributed by atoms with E-state index in [0.29, 0.717) is 12.5 Å². The summed E-state index contributed by atoms with van der Waals surface area (Å²) in [6.07, 6.45) is 3.38. The fourth-order valence-electron chi connectivity index (χ4n) is 2.20. The Bertz CT molecular complexity index is 815. The molecule has 4 nitrogen and oxygen atoms in total. The van der Waals surface area contributed by atoms with Crippen LogP contribution in [-0.2, 0) is 9.53 Å². The summed E-state index contributed by atoms with van der Waals surface area (Å²) in [7, 11) is 0. The first-order valence-electron chi connectivity index (χ1n) is 7.59. The number of aliphatic imine (C=N–C) groups is 1. The van der Waals surface area contributed by atoms with Crippen molar-refractivity contribution in [3.63, 3.8) is 0 Å². The zero-order valence-electron chi connectivity index (χ0n) is 13.4. The van der Waals surface area contributed by atoms with Crippen LogP contribution in [0.3, 0.4) is 0 Å². The van der Waals surface area contributed by atoms with Gasteiger partial charge in [0.05, 0.1) is 0 Å². The molecule has 0 aromatic heterocycles. The second-order valence-electron chi connectivity index (χ2n) is 5.37. The Labute approximate surface area is 140 Å². The predicted molar refractivity (Wildman–Crippen MR) is 93.9 cm³/mol. The van der Waals surface area contributed by atoms with Crippen LogP contribution in [0.5, 0.6) is 5.75 Å². The number of benzene rings is 2. The van der Waals surface area contributed by atoms with E-state index in [0.717, 1.165) is 22.4 Å². The predicted octanol–water partition coefficient (Wildman–Crippen LogP) is 3.90. The molecule has 0 amide bonds. The van der Waals surface area contributed by atoms with Gasteiger partial charge in [0, 0.05) is 5.56 Å². The molecular weight excluding hydrogens is 302 g/mol. The van der Waals surface area contributed by atoms with Crippen molar-refractivity contribution < 1.29 is 14.3 Å². The van der Waals surface area contributed by atoms with E-state index in [9.17, 15) is 4.79 Å². The molecule has 0 saturated carbocycles. The minimum absolute atomic E-state index is 0.283. The second-order valence-corrected chi connectivity index (χ2v) is 5.37. The van der Waals surface area contributed by atoms with Gasteiger partial charge in [0.2, 0.25) is 5.90 Å². The molecule has 0 saturated heterocycles. The molecule has 2 aromatic carbocycles. The van der Waals surface area contributed by atoms with Crippen LogP contribution in [0.15, 0.2) is 71.9 Å². The van der Waals surface area contributed by atoms with Crippen LogP contribution in [0.1, 0.15) is 16.7 Å². The van der Waals surface area contributed by atoms with Gasteiger partial charge in [0.25, 0.3) is 0 Å². The lowest BCUT2D eigenvalue weighted by molar-refractivity contribution is -0.129. The van der Waals surface area contributed by atoms with Crippen molar-refractivity contribution in [2.75, 3.05) is 6.61 Å². The Morgan fingerprint density at radius 3 is 2.50 bits per heavy atom. The van der Waals surface area contributed by atoms with Crippen molar-refractivity contribution in [3.8, 4) is 5.75 Å². The van der Waals surface area contributed by atoms with E-state index in [2.05, 4.69) is 11.6 Å². The van der Waals surface area contributed by atoms with Gasteiger partial charge in [-0.15, -0.1) is 0 Å². The third-order valence-electron chi connectivity index (χ3n) is 3.47. The number of carbonyl (C=O) groups is 1. The number of rotatable bonds is 5. The van der Waals surface area contributed by atoms with Gasteiger partial charge in [-0.1, -0.05) is 42.5 Å². The average molecular weight is 319 g/mol. The van der Waals surface area contributed by atoms with Crippen molar-refractivity contribution in [1.29, 1.82) is 0 Å². The van der Waals surface area contributed by atoms with Gasteiger partial charge in [-0.3, -0.25) is 0 Å². The molecule has 4 heteroatoms. The van der Waals surface area contributed by atoms with Crippen LogP contribution in [0.4, 0.5) is 0 Å². The maximum atomic E-state index is 12.0. The van der Waals surface area contributed by atoms with E-state index in [1.165, 1.54) is 0 Å².